The van der Waals surface area contributed by atoms with E-state index in [1.54, 1.807) is 0 Å². The van der Waals surface area contributed by atoms with E-state index in [2.05, 4.69) is 79.7 Å². The molecular formula is C20H21N. The van der Waals surface area contributed by atoms with Crippen LogP contribution in [0.5, 0.6) is 0 Å². The van der Waals surface area contributed by atoms with E-state index in [0.717, 1.165) is 13.0 Å². The van der Waals surface area contributed by atoms with Crippen LogP contribution in [0.15, 0.2) is 59.6 Å². The minimum atomic E-state index is 0.700. The quantitative estimate of drug-likeness (QED) is 0.443. The van der Waals surface area contributed by atoms with Crippen LogP contribution in [-0.2, 0) is 0 Å². The average Bonchev–Trinajstić information content (AvgIpc) is 2.50. The Morgan fingerprint density at radius 2 is 1.48 bits per heavy atom. The molecule has 0 unspecified atom stereocenters. The smallest absolute Gasteiger partial charge is 0.0391 e. The number of benzene rings is 3. The third-order valence-corrected chi connectivity index (χ3v) is 3.87. The molecule has 0 amide bonds. The van der Waals surface area contributed by atoms with Crippen LogP contribution in [0.4, 0.5) is 0 Å². The predicted octanol–water partition coefficient (Wildman–Crippen LogP) is 5.46. The molecule has 3 rings (SSSR count). The van der Waals surface area contributed by atoms with Crippen molar-refractivity contribution in [1.82, 2.24) is 0 Å². The van der Waals surface area contributed by atoms with Gasteiger partial charge in [0, 0.05) is 18.3 Å². The fraction of sp³-hybridized carbons (Fsp3) is 0.250. The lowest BCUT2D eigenvalue weighted by Crippen LogP contribution is -1.93. The lowest BCUT2D eigenvalue weighted by Gasteiger charge is -2.08. The van der Waals surface area contributed by atoms with Crippen LogP contribution < -0.4 is 0 Å². The maximum absolute atomic E-state index is 4.66. The number of rotatable bonds is 4. The van der Waals surface area contributed by atoms with Gasteiger partial charge in [-0.1, -0.05) is 62.4 Å². The van der Waals surface area contributed by atoms with Crippen LogP contribution in [0.25, 0.3) is 21.5 Å². The third-order valence-electron chi connectivity index (χ3n) is 3.87. The van der Waals surface area contributed by atoms with Crippen LogP contribution in [0.3, 0.4) is 0 Å². The Labute approximate surface area is 126 Å². The molecule has 0 heterocycles. The second kappa shape index (κ2) is 6.09. The minimum absolute atomic E-state index is 0.700. The first-order valence-corrected chi connectivity index (χ1v) is 7.66. The molecule has 0 radical (unpaired) electrons. The monoisotopic (exact) mass is 275 g/mol. The van der Waals surface area contributed by atoms with Gasteiger partial charge in [0.1, 0.15) is 0 Å². The van der Waals surface area contributed by atoms with Gasteiger partial charge in [-0.05, 0) is 39.9 Å². The molecule has 0 atom stereocenters. The van der Waals surface area contributed by atoms with Crippen molar-refractivity contribution in [3.05, 3.63) is 60.2 Å². The Balaban J connectivity index is 2.11. The minimum Gasteiger partial charge on any atom is -0.293 e. The Bertz CT molecular complexity index is 730. The Hall–Kier alpha value is -2.15. The molecule has 106 valence electrons. The first kappa shape index (κ1) is 13.8. The third kappa shape index (κ3) is 2.97. The highest BCUT2D eigenvalue weighted by atomic mass is 14.7. The van der Waals surface area contributed by atoms with Gasteiger partial charge in [0.15, 0.2) is 0 Å². The maximum Gasteiger partial charge on any atom is 0.0391 e. The first-order chi connectivity index (χ1) is 10.3. The highest BCUT2D eigenvalue weighted by Gasteiger charge is 2.05. The summed E-state index contributed by atoms with van der Waals surface area (Å²) in [5.74, 6) is 0.700. The largest absolute Gasteiger partial charge is 0.293 e. The summed E-state index contributed by atoms with van der Waals surface area (Å²) in [5.41, 5.74) is 1.24. The Morgan fingerprint density at radius 1 is 0.905 bits per heavy atom. The fourth-order valence-corrected chi connectivity index (χ4v) is 2.68. The molecule has 0 saturated heterocycles. The number of nitrogens with zero attached hydrogens (tertiary/aromatic N) is 1. The zero-order valence-electron chi connectivity index (χ0n) is 12.7. The molecule has 0 aromatic heterocycles. The van der Waals surface area contributed by atoms with Gasteiger partial charge in [0.25, 0.3) is 0 Å². The van der Waals surface area contributed by atoms with Gasteiger partial charge in [-0.3, -0.25) is 4.99 Å². The van der Waals surface area contributed by atoms with E-state index in [1.165, 1.54) is 27.1 Å². The van der Waals surface area contributed by atoms with Crippen LogP contribution >= 0.6 is 0 Å². The topological polar surface area (TPSA) is 12.4 Å². The summed E-state index contributed by atoms with van der Waals surface area (Å²) < 4.78 is 0. The van der Waals surface area contributed by atoms with Crippen molar-refractivity contribution in [2.24, 2.45) is 10.9 Å². The maximum atomic E-state index is 4.66. The van der Waals surface area contributed by atoms with Crippen LogP contribution in [0.2, 0.25) is 0 Å². The molecule has 0 bridgehead atoms. The van der Waals surface area contributed by atoms with Crippen molar-refractivity contribution < 1.29 is 0 Å². The SMILES string of the molecule is CC(C)CCN=Cc1c2ccccc2cc2ccccc12. The molecule has 1 nitrogen and oxygen atoms in total. The van der Waals surface area contributed by atoms with Crippen LogP contribution in [-0.4, -0.2) is 12.8 Å². The van der Waals surface area contributed by atoms with E-state index < -0.39 is 0 Å². The van der Waals surface area contributed by atoms with Gasteiger partial charge >= 0.3 is 0 Å². The molecule has 0 aliphatic carbocycles. The molecule has 0 aliphatic rings. The highest BCUT2D eigenvalue weighted by Crippen LogP contribution is 2.27. The average molecular weight is 275 g/mol. The van der Waals surface area contributed by atoms with Gasteiger partial charge < -0.3 is 0 Å². The molecule has 3 aromatic carbocycles. The van der Waals surface area contributed by atoms with E-state index in [0.29, 0.717) is 5.92 Å². The lowest BCUT2D eigenvalue weighted by molar-refractivity contribution is 0.598. The van der Waals surface area contributed by atoms with E-state index in [4.69, 9.17) is 0 Å². The van der Waals surface area contributed by atoms with Crippen molar-refractivity contribution in [1.29, 1.82) is 0 Å². The summed E-state index contributed by atoms with van der Waals surface area (Å²) in [7, 11) is 0. The molecule has 0 spiro atoms. The highest BCUT2D eigenvalue weighted by molar-refractivity contribution is 6.13. The summed E-state index contributed by atoms with van der Waals surface area (Å²) in [6.07, 6.45) is 3.20. The van der Waals surface area contributed by atoms with E-state index in [9.17, 15) is 0 Å². The number of fused-ring (bicyclic) bond motifs is 2. The Kier molecular flexibility index (Phi) is 4.01. The summed E-state index contributed by atoms with van der Waals surface area (Å²) in [4.78, 5) is 4.66. The van der Waals surface area contributed by atoms with E-state index >= 15 is 0 Å². The molecule has 0 N–H and O–H groups in total. The fourth-order valence-electron chi connectivity index (χ4n) is 2.68. The van der Waals surface area contributed by atoms with Crippen molar-refractivity contribution in [3.63, 3.8) is 0 Å². The normalized spacial score (nSPS) is 12.0. The first-order valence-electron chi connectivity index (χ1n) is 7.66. The molecule has 1 heteroatoms. The summed E-state index contributed by atoms with van der Waals surface area (Å²) >= 11 is 0. The molecule has 3 aromatic rings. The van der Waals surface area contributed by atoms with Gasteiger partial charge in [-0.2, -0.15) is 0 Å². The van der Waals surface area contributed by atoms with Crippen LogP contribution in [0.1, 0.15) is 25.8 Å². The van der Waals surface area contributed by atoms with Crippen LogP contribution in [0, 0.1) is 5.92 Å². The Morgan fingerprint density at radius 3 is 2.05 bits per heavy atom. The summed E-state index contributed by atoms with van der Waals surface area (Å²) in [6, 6.07) is 19.4. The molecule has 0 fully saturated rings. The molecule has 0 aliphatic heterocycles. The van der Waals surface area contributed by atoms with Crippen molar-refractivity contribution in [2.45, 2.75) is 20.3 Å². The zero-order chi connectivity index (χ0) is 14.7. The van der Waals surface area contributed by atoms with Gasteiger partial charge in [0.2, 0.25) is 0 Å². The second-order valence-electron chi connectivity index (χ2n) is 5.95. The number of hydrogen-bond acceptors (Lipinski definition) is 1. The molecule has 21 heavy (non-hydrogen) atoms. The van der Waals surface area contributed by atoms with Crippen molar-refractivity contribution in [3.8, 4) is 0 Å². The molecular weight excluding hydrogens is 254 g/mol. The number of hydrogen-bond donors (Lipinski definition) is 0. The molecule has 0 saturated carbocycles. The standard InChI is InChI=1S/C20H21N/c1-15(2)11-12-21-14-20-18-9-5-3-7-16(18)13-17-8-4-6-10-19(17)20/h3-10,13-15H,11-12H2,1-2H3. The summed E-state index contributed by atoms with van der Waals surface area (Å²) in [5, 5.41) is 5.12. The zero-order valence-corrected chi connectivity index (χ0v) is 12.7. The number of aliphatic imine (C=N–C) groups is 1. The summed E-state index contributed by atoms with van der Waals surface area (Å²) in [6.45, 7) is 5.38. The van der Waals surface area contributed by atoms with Crippen molar-refractivity contribution in [2.75, 3.05) is 6.54 Å². The lowest BCUT2D eigenvalue weighted by atomic mass is 9.97. The van der Waals surface area contributed by atoms with Gasteiger partial charge in [0.05, 0.1) is 0 Å². The van der Waals surface area contributed by atoms with Gasteiger partial charge in [-0.15, -0.1) is 0 Å². The van der Waals surface area contributed by atoms with Crippen molar-refractivity contribution >= 4 is 27.8 Å². The second-order valence-corrected chi connectivity index (χ2v) is 5.95. The van der Waals surface area contributed by atoms with E-state index in [-0.39, 0.29) is 0 Å². The van der Waals surface area contributed by atoms with E-state index in [1.807, 2.05) is 0 Å². The predicted molar refractivity (Wildman–Crippen MR) is 93.4 cm³/mol. The van der Waals surface area contributed by atoms with Gasteiger partial charge in [-0.25, -0.2) is 0 Å².